The molecular formula is C8H15NO3. The van der Waals surface area contributed by atoms with Gasteiger partial charge in [-0.2, -0.15) is 5.48 Å². The van der Waals surface area contributed by atoms with Gasteiger partial charge in [0.2, 0.25) is 0 Å². The summed E-state index contributed by atoms with van der Waals surface area (Å²) in [6.45, 7) is 4.67. The largest absolute Gasteiger partial charge is 0.478 e. The molecule has 0 aliphatic rings. The molecule has 70 valence electrons. The minimum atomic E-state index is -0.865. The summed E-state index contributed by atoms with van der Waals surface area (Å²) >= 11 is 0. The number of rotatable bonds is 6. The molecule has 0 amide bonds. The van der Waals surface area contributed by atoms with Gasteiger partial charge in [0.15, 0.2) is 0 Å². The Bertz CT molecular complexity index is 166. The molecule has 0 fully saturated rings. The van der Waals surface area contributed by atoms with E-state index in [2.05, 4.69) is 5.48 Å². The van der Waals surface area contributed by atoms with Crippen LogP contribution < -0.4 is 5.48 Å². The molecule has 0 heterocycles. The molecule has 0 atom stereocenters. The quantitative estimate of drug-likeness (QED) is 0.356. The van der Waals surface area contributed by atoms with E-state index in [-0.39, 0.29) is 0 Å². The molecule has 2 N–H and O–H groups in total. The lowest BCUT2D eigenvalue weighted by molar-refractivity contribution is -0.132. The van der Waals surface area contributed by atoms with Gasteiger partial charge in [0, 0.05) is 12.1 Å². The van der Waals surface area contributed by atoms with E-state index in [4.69, 9.17) is 9.94 Å². The summed E-state index contributed by atoms with van der Waals surface area (Å²) in [7, 11) is 0. The first kappa shape index (κ1) is 11.1. The van der Waals surface area contributed by atoms with Crippen molar-refractivity contribution in [1.82, 2.24) is 5.48 Å². The first-order valence-electron chi connectivity index (χ1n) is 3.99. The molecule has 12 heavy (non-hydrogen) atoms. The maximum absolute atomic E-state index is 10.5. The van der Waals surface area contributed by atoms with Crippen molar-refractivity contribution < 1.29 is 14.7 Å². The Morgan fingerprint density at radius 3 is 2.67 bits per heavy atom. The number of hydroxylamine groups is 1. The standard InChI is InChI=1S/C8H15NO3/c1-3-7(8(10)11)5-6-9-12-4-2/h5,9H,3-4,6H2,1-2H3,(H,10,11)/b7-5-. The molecule has 0 aliphatic heterocycles. The lowest BCUT2D eigenvalue weighted by atomic mass is 10.2. The fourth-order valence-corrected chi connectivity index (χ4v) is 0.709. The Balaban J connectivity index is 3.71. The van der Waals surface area contributed by atoms with Crippen LogP contribution in [-0.2, 0) is 9.63 Å². The SMILES string of the molecule is CCONC/C=C(/CC)C(=O)O. The van der Waals surface area contributed by atoms with Gasteiger partial charge in [-0.3, -0.25) is 0 Å². The molecule has 0 aromatic heterocycles. The smallest absolute Gasteiger partial charge is 0.331 e. The first-order valence-corrected chi connectivity index (χ1v) is 3.99. The minimum Gasteiger partial charge on any atom is -0.478 e. The van der Waals surface area contributed by atoms with E-state index >= 15 is 0 Å². The zero-order chi connectivity index (χ0) is 9.40. The molecule has 0 saturated heterocycles. The van der Waals surface area contributed by atoms with Crippen LogP contribution in [0.15, 0.2) is 11.6 Å². The lowest BCUT2D eigenvalue weighted by Crippen LogP contribution is -2.15. The third-order valence-electron chi connectivity index (χ3n) is 1.33. The number of hydrogen-bond donors (Lipinski definition) is 2. The Morgan fingerprint density at radius 2 is 2.25 bits per heavy atom. The molecule has 0 aliphatic carbocycles. The van der Waals surface area contributed by atoms with E-state index in [1.165, 1.54) is 0 Å². The molecule has 0 saturated carbocycles. The highest BCUT2D eigenvalue weighted by molar-refractivity contribution is 5.86. The summed E-state index contributed by atoms with van der Waals surface area (Å²) in [5, 5.41) is 8.59. The average molecular weight is 173 g/mol. The second-order valence-electron chi connectivity index (χ2n) is 2.17. The van der Waals surface area contributed by atoms with E-state index < -0.39 is 5.97 Å². The maximum atomic E-state index is 10.5. The highest BCUT2D eigenvalue weighted by Gasteiger charge is 2.01. The van der Waals surface area contributed by atoms with Crippen LogP contribution in [0.5, 0.6) is 0 Å². The number of aliphatic carboxylic acids is 1. The van der Waals surface area contributed by atoms with Crippen LogP contribution in [0.25, 0.3) is 0 Å². The van der Waals surface area contributed by atoms with Gasteiger partial charge in [-0.15, -0.1) is 0 Å². The van der Waals surface area contributed by atoms with Crippen LogP contribution in [0.2, 0.25) is 0 Å². The summed E-state index contributed by atoms with van der Waals surface area (Å²) in [6, 6.07) is 0. The minimum absolute atomic E-state index is 0.405. The number of carboxylic acids is 1. The van der Waals surface area contributed by atoms with Crippen LogP contribution >= 0.6 is 0 Å². The Kier molecular flexibility index (Phi) is 6.32. The van der Waals surface area contributed by atoms with E-state index in [0.29, 0.717) is 25.1 Å². The van der Waals surface area contributed by atoms with E-state index in [0.717, 1.165) is 0 Å². The molecule has 4 heteroatoms. The predicted molar refractivity (Wildman–Crippen MR) is 45.6 cm³/mol. The summed E-state index contributed by atoms with van der Waals surface area (Å²) in [5.41, 5.74) is 3.02. The highest BCUT2D eigenvalue weighted by Crippen LogP contribution is 1.98. The number of nitrogens with one attached hydrogen (secondary N) is 1. The molecular weight excluding hydrogens is 158 g/mol. The molecule has 0 unspecified atom stereocenters. The second-order valence-corrected chi connectivity index (χ2v) is 2.17. The Labute approximate surface area is 72.2 Å². The van der Waals surface area contributed by atoms with Crippen molar-refractivity contribution in [3.63, 3.8) is 0 Å². The highest BCUT2D eigenvalue weighted by atomic mass is 16.6. The van der Waals surface area contributed by atoms with Crippen molar-refractivity contribution in [2.24, 2.45) is 0 Å². The Hall–Kier alpha value is -0.870. The molecule has 0 spiro atoms. The monoisotopic (exact) mass is 173 g/mol. The normalized spacial score (nSPS) is 11.7. The summed E-state index contributed by atoms with van der Waals surface area (Å²) in [5.74, 6) is -0.865. The van der Waals surface area contributed by atoms with Gasteiger partial charge in [0.25, 0.3) is 0 Å². The molecule has 0 bridgehead atoms. The Morgan fingerprint density at radius 1 is 1.58 bits per heavy atom. The third kappa shape index (κ3) is 4.87. The fraction of sp³-hybridized carbons (Fsp3) is 0.625. The second kappa shape index (κ2) is 6.82. The van der Waals surface area contributed by atoms with Gasteiger partial charge in [0.05, 0.1) is 6.61 Å². The van der Waals surface area contributed by atoms with Gasteiger partial charge in [-0.05, 0) is 13.3 Å². The van der Waals surface area contributed by atoms with Gasteiger partial charge in [-0.1, -0.05) is 13.0 Å². The topological polar surface area (TPSA) is 58.6 Å². The van der Waals surface area contributed by atoms with E-state index in [9.17, 15) is 4.79 Å². The van der Waals surface area contributed by atoms with Crippen molar-refractivity contribution in [2.45, 2.75) is 20.3 Å². The lowest BCUT2D eigenvalue weighted by Gasteiger charge is -2.00. The summed E-state index contributed by atoms with van der Waals surface area (Å²) < 4.78 is 0. The van der Waals surface area contributed by atoms with Gasteiger partial charge < -0.3 is 9.94 Å². The van der Waals surface area contributed by atoms with Gasteiger partial charge >= 0.3 is 5.97 Å². The summed E-state index contributed by atoms with van der Waals surface area (Å²) in [6.07, 6.45) is 2.14. The zero-order valence-corrected chi connectivity index (χ0v) is 7.46. The number of hydrogen-bond acceptors (Lipinski definition) is 3. The fourth-order valence-electron chi connectivity index (χ4n) is 0.709. The first-order chi connectivity index (χ1) is 5.72. The maximum Gasteiger partial charge on any atom is 0.331 e. The van der Waals surface area contributed by atoms with E-state index in [1.807, 2.05) is 6.92 Å². The molecule has 4 nitrogen and oxygen atoms in total. The van der Waals surface area contributed by atoms with Crippen molar-refractivity contribution in [2.75, 3.05) is 13.2 Å². The molecule has 0 radical (unpaired) electrons. The average Bonchev–Trinajstić information content (AvgIpc) is 2.04. The van der Waals surface area contributed by atoms with Gasteiger partial charge in [0.1, 0.15) is 0 Å². The molecule has 0 rings (SSSR count). The van der Waals surface area contributed by atoms with Crippen LogP contribution in [-0.4, -0.2) is 24.2 Å². The third-order valence-corrected chi connectivity index (χ3v) is 1.33. The zero-order valence-electron chi connectivity index (χ0n) is 7.46. The van der Waals surface area contributed by atoms with Crippen LogP contribution in [0.1, 0.15) is 20.3 Å². The van der Waals surface area contributed by atoms with Crippen molar-refractivity contribution >= 4 is 5.97 Å². The van der Waals surface area contributed by atoms with Crippen molar-refractivity contribution in [3.8, 4) is 0 Å². The molecule has 0 aromatic carbocycles. The van der Waals surface area contributed by atoms with Crippen LogP contribution in [0.3, 0.4) is 0 Å². The van der Waals surface area contributed by atoms with E-state index in [1.54, 1.807) is 13.0 Å². The van der Waals surface area contributed by atoms with Crippen LogP contribution in [0.4, 0.5) is 0 Å². The predicted octanol–water partition coefficient (Wildman–Crippen LogP) is 0.948. The number of carboxylic acid groups (broad SMARTS) is 1. The number of carbonyl (C=O) groups is 1. The van der Waals surface area contributed by atoms with Crippen LogP contribution in [0, 0.1) is 0 Å². The summed E-state index contributed by atoms with van der Waals surface area (Å²) in [4.78, 5) is 15.3. The van der Waals surface area contributed by atoms with Crippen molar-refractivity contribution in [1.29, 1.82) is 0 Å². The van der Waals surface area contributed by atoms with Gasteiger partial charge in [-0.25, -0.2) is 4.79 Å². The van der Waals surface area contributed by atoms with Crippen molar-refractivity contribution in [3.05, 3.63) is 11.6 Å². The molecule has 0 aromatic rings.